The third kappa shape index (κ3) is 3.42. The van der Waals surface area contributed by atoms with Crippen molar-refractivity contribution in [2.75, 3.05) is 37.5 Å². The van der Waals surface area contributed by atoms with E-state index in [-0.39, 0.29) is 12.0 Å². The third-order valence-electron chi connectivity index (χ3n) is 6.40. The van der Waals surface area contributed by atoms with Crippen LogP contribution in [0, 0.1) is 23.2 Å². The molecule has 1 saturated carbocycles. The lowest BCUT2D eigenvalue weighted by molar-refractivity contribution is 0.218. The topological polar surface area (TPSA) is 123 Å². The fourth-order valence-electron chi connectivity index (χ4n) is 4.90. The van der Waals surface area contributed by atoms with Crippen molar-refractivity contribution >= 4 is 39.4 Å². The van der Waals surface area contributed by atoms with Gasteiger partial charge in [-0.2, -0.15) is 10.2 Å². The van der Waals surface area contributed by atoms with Crippen molar-refractivity contribution in [3.8, 4) is 12.1 Å². The summed E-state index contributed by atoms with van der Waals surface area (Å²) in [6.45, 7) is 1.44. The highest BCUT2D eigenvalue weighted by molar-refractivity contribution is 7.10. The number of urea groups is 1. The van der Waals surface area contributed by atoms with Crippen LogP contribution in [0.5, 0.6) is 6.01 Å². The molecule has 3 atom stereocenters. The van der Waals surface area contributed by atoms with Gasteiger partial charge in [0.25, 0.3) is 0 Å². The number of aromatic amines is 1. The van der Waals surface area contributed by atoms with E-state index >= 15 is 0 Å². The largest absolute Gasteiger partial charge is 0.466 e. The Hall–Kier alpha value is -3.39. The summed E-state index contributed by atoms with van der Waals surface area (Å²) in [7, 11) is 3.55. The molecule has 1 aliphatic carbocycles. The second-order valence-corrected chi connectivity index (χ2v) is 8.80. The Morgan fingerprint density at radius 3 is 2.87 bits per heavy atom. The molecule has 1 aliphatic heterocycles. The van der Waals surface area contributed by atoms with E-state index in [9.17, 15) is 10.1 Å². The number of rotatable bonds is 4. The second-order valence-electron chi connectivity index (χ2n) is 8.05. The van der Waals surface area contributed by atoms with E-state index in [1.54, 1.807) is 6.20 Å². The van der Waals surface area contributed by atoms with Crippen molar-refractivity contribution in [2.24, 2.45) is 11.8 Å². The first-order valence-corrected chi connectivity index (χ1v) is 10.9. The lowest BCUT2D eigenvalue weighted by Gasteiger charge is -2.29. The number of H-pyrrole nitrogens is 1. The van der Waals surface area contributed by atoms with Crippen LogP contribution in [0.2, 0.25) is 0 Å². The average molecular weight is 439 g/mol. The van der Waals surface area contributed by atoms with Crippen LogP contribution in [-0.2, 0) is 0 Å². The van der Waals surface area contributed by atoms with Gasteiger partial charge in [0, 0.05) is 55.5 Å². The molecule has 0 bridgehead atoms. The van der Waals surface area contributed by atoms with Crippen LogP contribution in [-0.4, -0.2) is 63.5 Å². The average Bonchev–Trinajstić information content (AvgIpc) is 3.54. The van der Waals surface area contributed by atoms with Crippen LogP contribution >= 0.6 is 11.5 Å². The van der Waals surface area contributed by atoms with Crippen molar-refractivity contribution in [1.29, 1.82) is 5.26 Å². The number of nitrogens with one attached hydrogen (secondary N) is 2. The van der Waals surface area contributed by atoms with Crippen molar-refractivity contribution in [1.82, 2.24) is 24.2 Å². The van der Waals surface area contributed by atoms with Crippen LogP contribution in [0.4, 0.5) is 15.6 Å². The molecule has 2 aliphatic rings. The fourth-order valence-corrected chi connectivity index (χ4v) is 5.43. The summed E-state index contributed by atoms with van der Waals surface area (Å²) in [5.41, 5.74) is 2.30. The number of methoxy groups -OCH3 is 1. The second kappa shape index (κ2) is 7.70. The van der Waals surface area contributed by atoms with Crippen LogP contribution < -0.4 is 15.0 Å². The molecule has 4 heterocycles. The van der Waals surface area contributed by atoms with Gasteiger partial charge in [0.15, 0.2) is 0 Å². The first kappa shape index (κ1) is 19.6. The first-order chi connectivity index (χ1) is 15.1. The maximum atomic E-state index is 12.6. The maximum Gasteiger partial charge on any atom is 0.329 e. The highest BCUT2D eigenvalue weighted by atomic mass is 32.1. The molecule has 2 unspecified atom stereocenters. The maximum absolute atomic E-state index is 12.6. The summed E-state index contributed by atoms with van der Waals surface area (Å²) >= 11 is 1.10. The zero-order valence-corrected chi connectivity index (χ0v) is 18.0. The molecule has 31 heavy (non-hydrogen) atoms. The molecule has 2 fully saturated rings. The van der Waals surface area contributed by atoms with Gasteiger partial charge in [0.1, 0.15) is 11.7 Å². The third-order valence-corrected chi connectivity index (χ3v) is 7.01. The van der Waals surface area contributed by atoms with E-state index in [0.717, 1.165) is 54.2 Å². The lowest BCUT2D eigenvalue weighted by atomic mass is 10.0. The molecule has 3 aromatic heterocycles. The van der Waals surface area contributed by atoms with Gasteiger partial charge >= 0.3 is 12.0 Å². The Morgan fingerprint density at radius 1 is 1.42 bits per heavy atom. The number of carbonyl (C=O) groups is 1. The minimum atomic E-state index is -0.145. The zero-order chi connectivity index (χ0) is 21.5. The molecule has 0 spiro atoms. The molecule has 2 N–H and O–H groups in total. The summed E-state index contributed by atoms with van der Waals surface area (Å²) in [5, 5.41) is 13.8. The number of nitrogens with zero attached hydrogens (tertiary/aromatic N) is 6. The number of ether oxygens (including phenoxy) is 1. The number of nitriles is 1. The van der Waals surface area contributed by atoms with Gasteiger partial charge in [-0.25, -0.2) is 9.78 Å². The normalized spacial score (nSPS) is 22.4. The number of pyridine rings is 1. The van der Waals surface area contributed by atoms with E-state index in [4.69, 9.17) is 4.74 Å². The molecule has 2 amide bonds. The molecule has 0 radical (unpaired) electrons. The number of likely N-dealkylation sites (tertiary alicyclic amines) is 1. The van der Waals surface area contributed by atoms with E-state index in [1.807, 2.05) is 17.2 Å². The predicted octanol–water partition coefficient (Wildman–Crippen LogP) is 2.67. The molecule has 5 rings (SSSR count). The Balaban J connectivity index is 1.26. The summed E-state index contributed by atoms with van der Waals surface area (Å²) in [6, 6.07) is 4.69. The summed E-state index contributed by atoms with van der Waals surface area (Å²) in [6.07, 6.45) is 5.45. The first-order valence-electron chi connectivity index (χ1n) is 10.1. The minimum Gasteiger partial charge on any atom is -0.466 e. The summed E-state index contributed by atoms with van der Waals surface area (Å²) < 4.78 is 8.97. The van der Waals surface area contributed by atoms with Crippen LogP contribution in [0.3, 0.4) is 0 Å². The zero-order valence-electron chi connectivity index (χ0n) is 17.2. The van der Waals surface area contributed by atoms with Gasteiger partial charge in [-0.1, -0.05) is 0 Å². The lowest BCUT2D eigenvalue weighted by Crippen LogP contribution is -2.36. The number of anilines is 2. The number of fused-ring (bicyclic) bond motifs is 2. The van der Waals surface area contributed by atoms with Crippen molar-refractivity contribution in [3.05, 3.63) is 24.0 Å². The van der Waals surface area contributed by atoms with Crippen molar-refractivity contribution in [3.63, 3.8) is 0 Å². The Bertz CT molecular complexity index is 1150. The molecule has 160 valence electrons. The molecule has 1 saturated heterocycles. The van der Waals surface area contributed by atoms with Gasteiger partial charge in [-0.3, -0.25) is 5.32 Å². The Kier molecular flexibility index (Phi) is 4.86. The van der Waals surface area contributed by atoms with Gasteiger partial charge < -0.3 is 19.5 Å². The van der Waals surface area contributed by atoms with Crippen molar-refractivity contribution in [2.45, 2.75) is 18.9 Å². The monoisotopic (exact) mass is 438 g/mol. The van der Waals surface area contributed by atoms with Crippen LogP contribution in [0.1, 0.15) is 18.4 Å². The van der Waals surface area contributed by atoms with Crippen LogP contribution in [0.15, 0.2) is 18.5 Å². The molecular weight excluding hydrogens is 416 g/mol. The number of hydrogen-bond donors (Lipinski definition) is 2. The number of aromatic nitrogens is 4. The van der Waals surface area contributed by atoms with Gasteiger partial charge in [-0.05, 0) is 30.7 Å². The standard InChI is InChI=1S/C20H22N8O2S/c1-27(16-13(7-21)8-23-17-15(16)3-4-22-17)14-5-11-9-28(10-12(11)6-14)20(29)25-19-24-18(30-2)26-31-19/h3-4,8,11-12,14H,5-6,9-10H2,1-2H3,(H,22,23)(H,24,25,26,29)/t11-,12?,14?/m1/s1. The van der Waals surface area contributed by atoms with Gasteiger partial charge in [0.2, 0.25) is 5.13 Å². The number of amides is 2. The molecule has 0 aromatic carbocycles. The van der Waals surface area contributed by atoms with Gasteiger partial charge in [-0.15, -0.1) is 4.37 Å². The Labute approximate surface area is 183 Å². The predicted molar refractivity (Wildman–Crippen MR) is 116 cm³/mol. The highest BCUT2D eigenvalue weighted by Gasteiger charge is 2.44. The summed E-state index contributed by atoms with van der Waals surface area (Å²) in [4.78, 5) is 28.3. The van der Waals surface area contributed by atoms with E-state index < -0.39 is 0 Å². The molecule has 3 aromatic rings. The highest BCUT2D eigenvalue weighted by Crippen LogP contribution is 2.42. The van der Waals surface area contributed by atoms with Crippen LogP contribution in [0.25, 0.3) is 11.0 Å². The van der Waals surface area contributed by atoms with Gasteiger partial charge in [0.05, 0.1) is 18.4 Å². The Morgan fingerprint density at radius 2 is 2.19 bits per heavy atom. The minimum absolute atomic E-state index is 0.145. The van der Waals surface area contributed by atoms with Crippen molar-refractivity contribution < 1.29 is 9.53 Å². The quantitative estimate of drug-likeness (QED) is 0.642. The molecular formula is C20H22N8O2S. The van der Waals surface area contributed by atoms with E-state index in [2.05, 4.69) is 42.7 Å². The number of hydrogen-bond acceptors (Lipinski definition) is 8. The number of carbonyl (C=O) groups excluding carboxylic acids is 1. The van der Waals surface area contributed by atoms with E-state index in [0.29, 0.717) is 28.6 Å². The molecule has 11 heteroatoms. The summed E-state index contributed by atoms with van der Waals surface area (Å²) in [5.74, 6) is 0.882. The fraction of sp³-hybridized carbons (Fsp3) is 0.450. The van der Waals surface area contributed by atoms with E-state index in [1.165, 1.54) is 7.11 Å². The molecule has 10 nitrogen and oxygen atoms in total. The SMILES string of the molecule is COc1nsc(NC(=O)N2CC3CC(N(C)c4c(C#N)cnc5[nH]ccc45)C[C@@H]3C2)n1. The smallest absolute Gasteiger partial charge is 0.329 e.